The number of rotatable bonds is 9. The Morgan fingerprint density at radius 2 is 2.08 bits per heavy atom. The van der Waals surface area contributed by atoms with Gasteiger partial charge in [-0.2, -0.15) is 0 Å². The SMILES string of the molecule is CC(N)OC(=O)Oc1ccc(CC(=O)NC2C(=O)N3C(C(=O)O)=C(CSc4nncs4)CS[C@@H]23)cc1. The van der Waals surface area contributed by atoms with Crippen molar-refractivity contribution < 1.29 is 33.8 Å². The molecule has 2 amide bonds. The van der Waals surface area contributed by atoms with E-state index in [1.165, 1.54) is 58.8 Å². The fourth-order valence-corrected chi connectivity index (χ4v) is 6.50. The molecule has 2 aromatic rings. The Kier molecular flexibility index (Phi) is 8.13. The zero-order valence-electron chi connectivity index (χ0n) is 18.8. The van der Waals surface area contributed by atoms with Gasteiger partial charge in [-0.25, -0.2) is 9.59 Å². The molecular weight excluding hydrogens is 530 g/mol. The molecule has 15 heteroatoms. The van der Waals surface area contributed by atoms with Crippen LogP contribution in [-0.2, 0) is 25.5 Å². The number of carbonyl (C=O) groups is 4. The van der Waals surface area contributed by atoms with E-state index in [2.05, 4.69) is 15.5 Å². The summed E-state index contributed by atoms with van der Waals surface area (Å²) in [6.07, 6.45) is -1.76. The van der Waals surface area contributed by atoms with Crippen molar-refractivity contribution in [1.29, 1.82) is 0 Å². The number of nitrogens with one attached hydrogen (secondary N) is 1. The lowest BCUT2D eigenvalue weighted by molar-refractivity contribution is -0.150. The van der Waals surface area contributed by atoms with Gasteiger partial charge in [0, 0.05) is 11.5 Å². The Morgan fingerprint density at radius 3 is 2.72 bits per heavy atom. The van der Waals surface area contributed by atoms with Crippen LogP contribution >= 0.6 is 34.9 Å². The summed E-state index contributed by atoms with van der Waals surface area (Å²) in [7, 11) is 0. The van der Waals surface area contributed by atoms with Gasteiger partial charge in [0.2, 0.25) is 5.91 Å². The van der Waals surface area contributed by atoms with Crippen molar-refractivity contribution in [3.63, 3.8) is 0 Å². The summed E-state index contributed by atoms with van der Waals surface area (Å²) in [5.74, 6) is -1.02. The maximum Gasteiger partial charge on any atom is 0.515 e. The van der Waals surface area contributed by atoms with E-state index in [0.717, 1.165) is 0 Å². The van der Waals surface area contributed by atoms with Crippen molar-refractivity contribution in [3.05, 3.63) is 46.6 Å². The number of fused-ring (bicyclic) bond motifs is 1. The van der Waals surface area contributed by atoms with Gasteiger partial charge in [0.1, 0.15) is 28.4 Å². The highest BCUT2D eigenvalue weighted by atomic mass is 32.2. The Labute approximate surface area is 217 Å². The number of β-lactam (4-membered cyclic amide) rings is 1. The van der Waals surface area contributed by atoms with Crippen LogP contribution in [-0.4, -0.2) is 73.3 Å². The molecule has 2 aliphatic heterocycles. The number of amides is 2. The highest BCUT2D eigenvalue weighted by Gasteiger charge is 2.54. The molecule has 0 bridgehead atoms. The second-order valence-electron chi connectivity index (χ2n) is 7.70. The number of benzene rings is 1. The number of hydrogen-bond acceptors (Lipinski definition) is 12. The monoisotopic (exact) mass is 551 g/mol. The van der Waals surface area contributed by atoms with Gasteiger partial charge in [-0.3, -0.25) is 20.2 Å². The standard InChI is InChI=1S/C21H21N5O7S3/c1-10(22)32-21(31)33-13-4-2-11(3-5-13)6-14(27)24-15-17(28)26-16(19(29)30)12(7-34-18(15)26)8-35-20-25-23-9-36-20/h2-5,9-10,15,18H,6-8,22H2,1H3,(H,24,27)(H,29,30)/t10?,15?,18-/m0/s1. The molecule has 0 aliphatic carbocycles. The summed E-state index contributed by atoms with van der Waals surface area (Å²) in [6, 6.07) is 5.40. The average Bonchev–Trinajstić information content (AvgIpc) is 3.35. The second kappa shape index (κ2) is 11.3. The summed E-state index contributed by atoms with van der Waals surface area (Å²) in [6.45, 7) is 1.49. The second-order valence-corrected chi connectivity index (χ2v) is 10.9. The smallest absolute Gasteiger partial charge is 0.477 e. The molecule has 2 unspecified atom stereocenters. The molecular formula is C21H21N5O7S3. The lowest BCUT2D eigenvalue weighted by Crippen LogP contribution is -2.70. The van der Waals surface area contributed by atoms with Crippen LogP contribution in [0.4, 0.5) is 4.79 Å². The number of hydrogen-bond donors (Lipinski definition) is 3. The van der Waals surface area contributed by atoms with Gasteiger partial charge in [-0.15, -0.1) is 22.0 Å². The van der Waals surface area contributed by atoms with Gasteiger partial charge in [0.15, 0.2) is 10.6 Å². The number of carbonyl (C=O) groups excluding carboxylic acids is 3. The first kappa shape index (κ1) is 25.9. The van der Waals surface area contributed by atoms with Crippen LogP contribution in [0.15, 0.2) is 45.4 Å². The third-order valence-corrected chi connectivity index (χ3v) is 8.33. The molecule has 1 saturated heterocycles. The number of thioether (sulfide) groups is 2. The van der Waals surface area contributed by atoms with Gasteiger partial charge in [0.05, 0.1) is 6.42 Å². The van der Waals surface area contributed by atoms with Gasteiger partial charge >= 0.3 is 12.1 Å². The molecule has 1 fully saturated rings. The largest absolute Gasteiger partial charge is 0.515 e. The molecule has 0 radical (unpaired) electrons. The first-order chi connectivity index (χ1) is 17.2. The quantitative estimate of drug-likeness (QED) is 0.135. The van der Waals surface area contributed by atoms with E-state index >= 15 is 0 Å². The number of ether oxygens (including phenoxy) is 2. The minimum atomic E-state index is -1.18. The van der Waals surface area contributed by atoms with E-state index in [9.17, 15) is 24.3 Å². The van der Waals surface area contributed by atoms with Crippen LogP contribution in [0.2, 0.25) is 0 Å². The normalized spacial score (nSPS) is 19.7. The number of nitrogens with zero attached hydrogens (tertiary/aromatic N) is 3. The molecule has 3 heterocycles. The zero-order valence-corrected chi connectivity index (χ0v) is 21.2. The van der Waals surface area contributed by atoms with E-state index in [1.54, 1.807) is 17.6 Å². The van der Waals surface area contributed by atoms with Crippen LogP contribution in [0.5, 0.6) is 5.75 Å². The van der Waals surface area contributed by atoms with E-state index in [-0.39, 0.29) is 17.9 Å². The predicted octanol–water partition coefficient (Wildman–Crippen LogP) is 1.43. The summed E-state index contributed by atoms with van der Waals surface area (Å²) >= 11 is 4.12. The van der Waals surface area contributed by atoms with Crippen molar-refractivity contribution >= 4 is 58.8 Å². The van der Waals surface area contributed by atoms with Crippen molar-refractivity contribution in [3.8, 4) is 5.75 Å². The van der Waals surface area contributed by atoms with Crippen LogP contribution in [0, 0.1) is 0 Å². The molecule has 4 N–H and O–H groups in total. The van der Waals surface area contributed by atoms with Gasteiger partial charge in [0.25, 0.3) is 5.91 Å². The number of aliphatic carboxylic acids is 1. The first-order valence-electron chi connectivity index (χ1n) is 10.5. The summed E-state index contributed by atoms with van der Waals surface area (Å²) in [5, 5.41) is 19.7. The first-order valence-corrected chi connectivity index (χ1v) is 13.5. The minimum Gasteiger partial charge on any atom is -0.477 e. The maximum absolute atomic E-state index is 12.8. The highest BCUT2D eigenvalue weighted by Crippen LogP contribution is 2.41. The van der Waals surface area contributed by atoms with Crippen molar-refractivity contribution in [2.45, 2.75) is 35.3 Å². The van der Waals surface area contributed by atoms with Gasteiger partial charge in [-0.05, 0) is 30.2 Å². The predicted molar refractivity (Wildman–Crippen MR) is 131 cm³/mol. The molecule has 4 rings (SSSR count). The third kappa shape index (κ3) is 5.98. The Balaban J connectivity index is 1.33. The van der Waals surface area contributed by atoms with Crippen molar-refractivity contribution in [2.24, 2.45) is 5.73 Å². The van der Waals surface area contributed by atoms with Crippen LogP contribution < -0.4 is 15.8 Å². The molecule has 12 nitrogen and oxygen atoms in total. The number of carboxylic acids is 1. The van der Waals surface area contributed by atoms with E-state index in [0.29, 0.717) is 27.0 Å². The molecule has 0 saturated carbocycles. The fourth-order valence-electron chi connectivity index (χ4n) is 3.53. The number of carboxylic acid groups (broad SMARTS) is 1. The van der Waals surface area contributed by atoms with Gasteiger partial charge in [-0.1, -0.05) is 35.2 Å². The lowest BCUT2D eigenvalue weighted by Gasteiger charge is -2.49. The Bertz CT molecular complexity index is 1190. The van der Waals surface area contributed by atoms with Crippen LogP contribution in [0.1, 0.15) is 12.5 Å². The van der Waals surface area contributed by atoms with Gasteiger partial charge < -0.3 is 19.9 Å². The zero-order chi connectivity index (χ0) is 25.8. The highest BCUT2D eigenvalue weighted by molar-refractivity contribution is 8.01. The summed E-state index contributed by atoms with van der Waals surface area (Å²) in [5.41, 5.74) is 8.16. The molecule has 2 aliphatic rings. The average molecular weight is 552 g/mol. The van der Waals surface area contributed by atoms with Crippen molar-refractivity contribution in [1.82, 2.24) is 20.4 Å². The van der Waals surface area contributed by atoms with E-state index in [1.807, 2.05) is 0 Å². The molecule has 0 spiro atoms. The summed E-state index contributed by atoms with van der Waals surface area (Å²) in [4.78, 5) is 50.1. The molecule has 1 aromatic carbocycles. The molecule has 36 heavy (non-hydrogen) atoms. The van der Waals surface area contributed by atoms with E-state index < -0.39 is 41.6 Å². The molecule has 190 valence electrons. The molecule has 1 aromatic heterocycles. The topological polar surface area (TPSA) is 174 Å². The molecule has 3 atom stereocenters. The van der Waals surface area contributed by atoms with E-state index in [4.69, 9.17) is 15.2 Å². The number of aromatic nitrogens is 2. The Hall–Kier alpha value is -3.14. The minimum absolute atomic E-state index is 0.0168. The van der Waals surface area contributed by atoms with Crippen LogP contribution in [0.25, 0.3) is 0 Å². The fraction of sp³-hybridized carbons (Fsp3) is 0.333. The maximum atomic E-state index is 12.8. The van der Waals surface area contributed by atoms with Crippen LogP contribution in [0.3, 0.4) is 0 Å². The summed E-state index contributed by atoms with van der Waals surface area (Å²) < 4.78 is 10.4. The Morgan fingerprint density at radius 1 is 1.33 bits per heavy atom. The lowest BCUT2D eigenvalue weighted by atomic mass is 10.0. The van der Waals surface area contributed by atoms with Crippen molar-refractivity contribution in [2.75, 3.05) is 11.5 Å². The third-order valence-electron chi connectivity index (χ3n) is 5.05. The number of nitrogens with two attached hydrogens (primary N) is 1.